The van der Waals surface area contributed by atoms with Crippen LogP contribution in [-0.4, -0.2) is 31.7 Å². The molecule has 1 atom stereocenters. The summed E-state index contributed by atoms with van der Waals surface area (Å²) >= 11 is 0. The normalized spacial score (nSPS) is 29.1. The smallest absolute Gasteiger partial charge is 0.355 e. The summed E-state index contributed by atoms with van der Waals surface area (Å²) in [6.07, 6.45) is -0.353. The first kappa shape index (κ1) is 13.6. The number of carbonyl (C=O) groups is 1. The molecule has 1 aliphatic heterocycles. The molecule has 1 amide bonds. The van der Waals surface area contributed by atoms with Crippen LogP contribution in [0.25, 0.3) is 0 Å². The standard InChI is InChI=1S/C12H19F3N2O/c13-12(14,15)11(5-7-16-8-11)10(18)17-6-4-9-2-1-3-9/h9,16H,1-8H2,(H,17,18). The summed E-state index contributed by atoms with van der Waals surface area (Å²) in [7, 11) is 0. The first-order chi connectivity index (χ1) is 8.46. The van der Waals surface area contributed by atoms with Gasteiger partial charge < -0.3 is 10.6 Å². The third-order valence-electron chi connectivity index (χ3n) is 4.20. The van der Waals surface area contributed by atoms with Crippen LogP contribution in [0.4, 0.5) is 13.2 Å². The average molecular weight is 264 g/mol. The van der Waals surface area contributed by atoms with Crippen molar-refractivity contribution in [3.63, 3.8) is 0 Å². The van der Waals surface area contributed by atoms with E-state index in [2.05, 4.69) is 10.6 Å². The number of alkyl halides is 3. The number of hydrogen-bond donors (Lipinski definition) is 2. The van der Waals surface area contributed by atoms with E-state index in [1.807, 2.05) is 0 Å². The second-order valence-electron chi connectivity index (χ2n) is 5.35. The summed E-state index contributed by atoms with van der Waals surface area (Å²) in [4.78, 5) is 11.8. The number of nitrogens with one attached hydrogen (secondary N) is 2. The van der Waals surface area contributed by atoms with E-state index in [0.717, 1.165) is 19.3 Å². The van der Waals surface area contributed by atoms with Gasteiger partial charge in [-0.15, -0.1) is 0 Å². The molecule has 2 fully saturated rings. The van der Waals surface area contributed by atoms with Crippen LogP contribution >= 0.6 is 0 Å². The van der Waals surface area contributed by atoms with E-state index < -0.39 is 17.5 Å². The van der Waals surface area contributed by atoms with E-state index in [0.29, 0.717) is 12.5 Å². The van der Waals surface area contributed by atoms with Crippen molar-refractivity contribution in [1.82, 2.24) is 10.6 Å². The van der Waals surface area contributed by atoms with Gasteiger partial charge in [-0.05, 0) is 25.3 Å². The fourth-order valence-electron chi connectivity index (χ4n) is 2.60. The fourth-order valence-corrected chi connectivity index (χ4v) is 2.60. The van der Waals surface area contributed by atoms with Crippen LogP contribution in [0, 0.1) is 11.3 Å². The third kappa shape index (κ3) is 2.48. The highest BCUT2D eigenvalue weighted by Gasteiger charge is 2.61. The zero-order valence-electron chi connectivity index (χ0n) is 10.3. The third-order valence-corrected chi connectivity index (χ3v) is 4.20. The van der Waals surface area contributed by atoms with Gasteiger partial charge in [0.15, 0.2) is 5.41 Å². The van der Waals surface area contributed by atoms with Crippen LogP contribution in [-0.2, 0) is 4.79 Å². The first-order valence-electron chi connectivity index (χ1n) is 6.51. The molecule has 2 rings (SSSR count). The topological polar surface area (TPSA) is 41.1 Å². The Bertz CT molecular complexity index is 307. The number of amides is 1. The summed E-state index contributed by atoms with van der Waals surface area (Å²) in [5, 5.41) is 5.11. The Kier molecular flexibility index (Phi) is 3.84. The molecule has 104 valence electrons. The zero-order chi connectivity index (χ0) is 13.2. The average Bonchev–Trinajstić information content (AvgIpc) is 2.70. The molecule has 0 aromatic rings. The lowest BCUT2D eigenvalue weighted by molar-refractivity contribution is -0.216. The minimum Gasteiger partial charge on any atom is -0.355 e. The Balaban J connectivity index is 1.87. The number of hydrogen-bond acceptors (Lipinski definition) is 2. The van der Waals surface area contributed by atoms with Crippen LogP contribution in [0.5, 0.6) is 0 Å². The zero-order valence-corrected chi connectivity index (χ0v) is 10.3. The molecule has 1 saturated heterocycles. The first-order valence-corrected chi connectivity index (χ1v) is 6.51. The lowest BCUT2D eigenvalue weighted by atomic mass is 9.82. The van der Waals surface area contributed by atoms with Crippen molar-refractivity contribution in [2.75, 3.05) is 19.6 Å². The number of rotatable bonds is 4. The molecule has 2 aliphatic rings. The van der Waals surface area contributed by atoms with Crippen LogP contribution in [0.3, 0.4) is 0 Å². The van der Waals surface area contributed by atoms with Crippen molar-refractivity contribution >= 4 is 5.91 Å². The molecule has 0 aromatic carbocycles. The van der Waals surface area contributed by atoms with Gasteiger partial charge in [-0.1, -0.05) is 19.3 Å². The molecule has 18 heavy (non-hydrogen) atoms. The predicted molar refractivity (Wildman–Crippen MR) is 60.9 cm³/mol. The molecule has 0 aromatic heterocycles. The summed E-state index contributed by atoms with van der Waals surface area (Å²) in [6, 6.07) is 0. The molecule has 6 heteroatoms. The van der Waals surface area contributed by atoms with Crippen LogP contribution in [0.1, 0.15) is 32.1 Å². The van der Waals surface area contributed by atoms with Crippen LogP contribution in [0.2, 0.25) is 0 Å². The Morgan fingerprint density at radius 2 is 2.11 bits per heavy atom. The molecule has 2 N–H and O–H groups in total. The van der Waals surface area contributed by atoms with Gasteiger partial charge in [-0.25, -0.2) is 0 Å². The lowest BCUT2D eigenvalue weighted by Gasteiger charge is -2.30. The molecule has 1 saturated carbocycles. The molecular formula is C12H19F3N2O. The van der Waals surface area contributed by atoms with Crippen molar-refractivity contribution in [3.05, 3.63) is 0 Å². The molecule has 3 nitrogen and oxygen atoms in total. The Hall–Kier alpha value is -0.780. The van der Waals surface area contributed by atoms with Gasteiger partial charge in [0.1, 0.15) is 0 Å². The van der Waals surface area contributed by atoms with E-state index in [1.54, 1.807) is 0 Å². The van der Waals surface area contributed by atoms with Gasteiger partial charge in [0, 0.05) is 13.1 Å². The maximum Gasteiger partial charge on any atom is 0.404 e. The number of halogens is 3. The van der Waals surface area contributed by atoms with Gasteiger partial charge in [-0.3, -0.25) is 4.79 Å². The van der Waals surface area contributed by atoms with Gasteiger partial charge in [0.25, 0.3) is 0 Å². The summed E-state index contributed by atoms with van der Waals surface area (Å²) in [5.41, 5.74) is -2.22. The van der Waals surface area contributed by atoms with Crippen LogP contribution in [0.15, 0.2) is 0 Å². The predicted octanol–water partition coefficient (Wildman–Crippen LogP) is 1.83. The summed E-state index contributed by atoms with van der Waals surface area (Å²) < 4.78 is 39.1. The molecule has 0 bridgehead atoms. The van der Waals surface area contributed by atoms with Gasteiger partial charge in [0.2, 0.25) is 5.91 Å². The summed E-state index contributed by atoms with van der Waals surface area (Å²) in [6.45, 7) is 0.308. The molecule has 1 unspecified atom stereocenters. The largest absolute Gasteiger partial charge is 0.404 e. The quantitative estimate of drug-likeness (QED) is 0.813. The highest BCUT2D eigenvalue weighted by molar-refractivity contribution is 5.84. The minimum absolute atomic E-state index is 0.161. The SMILES string of the molecule is O=C(NCCC1CCC1)C1(C(F)(F)F)CCNC1. The Labute approximate surface area is 104 Å². The Morgan fingerprint density at radius 1 is 1.39 bits per heavy atom. The fraction of sp³-hybridized carbons (Fsp3) is 0.917. The van der Waals surface area contributed by atoms with Crippen molar-refractivity contribution in [1.29, 1.82) is 0 Å². The molecular weight excluding hydrogens is 245 g/mol. The van der Waals surface area contributed by atoms with Crippen molar-refractivity contribution in [2.45, 2.75) is 38.3 Å². The maximum atomic E-state index is 13.0. The molecule has 0 spiro atoms. The van der Waals surface area contributed by atoms with E-state index in [9.17, 15) is 18.0 Å². The second kappa shape index (κ2) is 5.07. The van der Waals surface area contributed by atoms with Gasteiger partial charge in [-0.2, -0.15) is 13.2 Å². The van der Waals surface area contributed by atoms with E-state index >= 15 is 0 Å². The molecule has 1 heterocycles. The maximum absolute atomic E-state index is 13.0. The highest BCUT2D eigenvalue weighted by atomic mass is 19.4. The minimum atomic E-state index is -4.48. The van der Waals surface area contributed by atoms with Gasteiger partial charge in [0.05, 0.1) is 0 Å². The second-order valence-corrected chi connectivity index (χ2v) is 5.35. The Morgan fingerprint density at radius 3 is 2.56 bits per heavy atom. The lowest BCUT2D eigenvalue weighted by Crippen LogP contribution is -2.52. The van der Waals surface area contributed by atoms with Crippen molar-refractivity contribution in [2.24, 2.45) is 11.3 Å². The molecule has 1 aliphatic carbocycles. The summed E-state index contributed by atoms with van der Waals surface area (Å²) in [5.74, 6) is -0.270. The van der Waals surface area contributed by atoms with Crippen molar-refractivity contribution < 1.29 is 18.0 Å². The van der Waals surface area contributed by atoms with Gasteiger partial charge >= 0.3 is 6.18 Å². The monoisotopic (exact) mass is 264 g/mol. The number of carbonyl (C=O) groups excluding carboxylic acids is 1. The van der Waals surface area contributed by atoms with Crippen molar-refractivity contribution in [3.8, 4) is 0 Å². The van der Waals surface area contributed by atoms with E-state index in [-0.39, 0.29) is 19.5 Å². The highest BCUT2D eigenvalue weighted by Crippen LogP contribution is 2.43. The molecule has 0 radical (unpaired) electrons. The van der Waals surface area contributed by atoms with Crippen LogP contribution < -0.4 is 10.6 Å². The van der Waals surface area contributed by atoms with E-state index in [4.69, 9.17) is 0 Å². The van der Waals surface area contributed by atoms with E-state index in [1.165, 1.54) is 6.42 Å².